The van der Waals surface area contributed by atoms with Gasteiger partial charge in [-0.1, -0.05) is 30.3 Å². The van der Waals surface area contributed by atoms with Gasteiger partial charge in [-0.15, -0.1) is 0 Å². The number of benzene rings is 1. The van der Waals surface area contributed by atoms with Crippen molar-refractivity contribution in [2.45, 2.75) is 32.2 Å². The lowest BCUT2D eigenvalue weighted by molar-refractivity contribution is 0.505. The van der Waals surface area contributed by atoms with E-state index in [1.807, 2.05) is 18.7 Å². The second-order valence-electron chi connectivity index (χ2n) is 6.90. The molecule has 0 saturated carbocycles. The van der Waals surface area contributed by atoms with Crippen molar-refractivity contribution in [1.82, 2.24) is 14.5 Å². The Morgan fingerprint density at radius 2 is 2.08 bits per heavy atom. The number of anilines is 1. The van der Waals surface area contributed by atoms with E-state index in [2.05, 4.69) is 57.8 Å². The zero-order chi connectivity index (χ0) is 17.1. The van der Waals surface area contributed by atoms with E-state index in [0.717, 1.165) is 25.5 Å². The normalized spacial score (nSPS) is 17.6. The first-order chi connectivity index (χ1) is 12.3. The van der Waals surface area contributed by atoms with Crippen molar-refractivity contribution in [2.24, 2.45) is 0 Å². The molecule has 4 heteroatoms. The maximum atomic E-state index is 4.73. The van der Waals surface area contributed by atoms with Crippen molar-refractivity contribution in [3.8, 4) is 0 Å². The van der Waals surface area contributed by atoms with Crippen LogP contribution in [0.1, 0.15) is 35.4 Å². The molecule has 0 aliphatic carbocycles. The topological polar surface area (TPSA) is 34.0 Å². The molecule has 128 valence electrons. The monoisotopic (exact) mass is 332 g/mol. The highest BCUT2D eigenvalue weighted by molar-refractivity contribution is 5.42. The summed E-state index contributed by atoms with van der Waals surface area (Å²) in [5, 5.41) is 0. The molecule has 0 radical (unpaired) electrons. The number of hydrogen-bond donors (Lipinski definition) is 0. The van der Waals surface area contributed by atoms with Gasteiger partial charge in [0.05, 0.1) is 6.33 Å². The van der Waals surface area contributed by atoms with Crippen molar-refractivity contribution in [3.63, 3.8) is 0 Å². The molecule has 0 bridgehead atoms. The lowest BCUT2D eigenvalue weighted by Crippen LogP contribution is -2.35. The van der Waals surface area contributed by atoms with Gasteiger partial charge in [-0.25, -0.2) is 9.97 Å². The van der Waals surface area contributed by atoms with E-state index >= 15 is 0 Å². The molecule has 1 fully saturated rings. The van der Waals surface area contributed by atoms with Crippen LogP contribution in [-0.2, 0) is 6.54 Å². The molecule has 1 aliphatic rings. The first kappa shape index (κ1) is 15.9. The first-order valence-corrected chi connectivity index (χ1v) is 9.01. The molecule has 3 aromatic rings. The Kier molecular flexibility index (Phi) is 4.51. The largest absolute Gasteiger partial charge is 0.356 e. The molecule has 1 unspecified atom stereocenters. The molecule has 1 aromatic carbocycles. The van der Waals surface area contributed by atoms with Crippen LogP contribution in [0.2, 0.25) is 0 Å². The van der Waals surface area contributed by atoms with E-state index in [1.165, 1.54) is 29.5 Å². The minimum atomic E-state index is 0.599. The lowest BCUT2D eigenvalue weighted by atomic mass is 9.88. The third-order valence-electron chi connectivity index (χ3n) is 5.11. The number of aryl methyl sites for hydroxylation is 1. The van der Waals surface area contributed by atoms with Crippen molar-refractivity contribution in [2.75, 3.05) is 18.0 Å². The highest BCUT2D eigenvalue weighted by atomic mass is 15.2. The summed E-state index contributed by atoms with van der Waals surface area (Å²) in [6.45, 7) is 5.19. The molecule has 0 amide bonds. The number of nitrogens with zero attached hydrogens (tertiary/aromatic N) is 4. The minimum absolute atomic E-state index is 0.599. The standard InChI is InChI=1S/C21H24N4/c1-17-5-2-3-7-20(17)19-6-4-11-25(15-19)21-9-8-18(13-23-21)14-24-12-10-22-16-24/h2-3,5,7-10,12-13,16,19H,4,6,11,14-15H2,1H3. The van der Waals surface area contributed by atoms with Crippen molar-refractivity contribution in [1.29, 1.82) is 0 Å². The van der Waals surface area contributed by atoms with Crippen LogP contribution in [0, 0.1) is 6.92 Å². The van der Waals surface area contributed by atoms with E-state index in [0.29, 0.717) is 5.92 Å². The Hall–Kier alpha value is -2.62. The van der Waals surface area contributed by atoms with Crippen molar-refractivity contribution >= 4 is 5.82 Å². The minimum Gasteiger partial charge on any atom is -0.356 e. The summed E-state index contributed by atoms with van der Waals surface area (Å²) in [7, 11) is 0. The summed E-state index contributed by atoms with van der Waals surface area (Å²) in [6, 6.07) is 13.1. The highest BCUT2D eigenvalue weighted by Crippen LogP contribution is 2.30. The van der Waals surface area contributed by atoms with E-state index in [1.54, 1.807) is 6.20 Å². The summed E-state index contributed by atoms with van der Waals surface area (Å²) in [5.41, 5.74) is 4.09. The molecule has 1 saturated heterocycles. The van der Waals surface area contributed by atoms with E-state index in [4.69, 9.17) is 4.98 Å². The van der Waals surface area contributed by atoms with Gasteiger partial charge < -0.3 is 9.47 Å². The van der Waals surface area contributed by atoms with Crippen LogP contribution in [0.3, 0.4) is 0 Å². The zero-order valence-corrected chi connectivity index (χ0v) is 14.7. The maximum Gasteiger partial charge on any atom is 0.128 e. The maximum absolute atomic E-state index is 4.73. The quantitative estimate of drug-likeness (QED) is 0.724. The average Bonchev–Trinajstić information content (AvgIpc) is 3.16. The molecular formula is C21H24N4. The van der Waals surface area contributed by atoms with Gasteiger partial charge in [0, 0.05) is 44.1 Å². The van der Waals surface area contributed by atoms with E-state index in [-0.39, 0.29) is 0 Å². The van der Waals surface area contributed by atoms with Gasteiger partial charge in [0.1, 0.15) is 5.82 Å². The number of imidazole rings is 1. The van der Waals surface area contributed by atoms with Gasteiger partial charge in [0.25, 0.3) is 0 Å². The Balaban J connectivity index is 1.47. The smallest absolute Gasteiger partial charge is 0.128 e. The van der Waals surface area contributed by atoms with Crippen LogP contribution in [-0.4, -0.2) is 27.6 Å². The van der Waals surface area contributed by atoms with E-state index in [9.17, 15) is 0 Å². The predicted molar refractivity (Wildman–Crippen MR) is 101 cm³/mol. The van der Waals surface area contributed by atoms with Crippen LogP contribution >= 0.6 is 0 Å². The summed E-state index contributed by atoms with van der Waals surface area (Å²) < 4.78 is 2.06. The summed E-state index contributed by atoms with van der Waals surface area (Å²) in [5.74, 6) is 1.69. The second-order valence-corrected chi connectivity index (χ2v) is 6.90. The number of aromatic nitrogens is 3. The van der Waals surface area contributed by atoms with Crippen LogP contribution in [0.15, 0.2) is 61.3 Å². The highest BCUT2D eigenvalue weighted by Gasteiger charge is 2.23. The fraction of sp³-hybridized carbons (Fsp3) is 0.333. The first-order valence-electron chi connectivity index (χ1n) is 9.01. The van der Waals surface area contributed by atoms with Gasteiger partial charge in [-0.3, -0.25) is 0 Å². The number of piperidine rings is 1. The number of rotatable bonds is 4. The SMILES string of the molecule is Cc1ccccc1C1CCCN(c2ccc(Cn3ccnc3)cn2)C1. The number of pyridine rings is 1. The summed E-state index contributed by atoms with van der Waals surface area (Å²) >= 11 is 0. The fourth-order valence-electron chi connectivity index (χ4n) is 3.77. The molecule has 0 spiro atoms. The molecule has 1 aliphatic heterocycles. The third kappa shape index (κ3) is 3.58. The molecular weight excluding hydrogens is 308 g/mol. The van der Waals surface area contributed by atoms with Gasteiger partial charge in [-0.05, 0) is 42.5 Å². The molecule has 3 heterocycles. The lowest BCUT2D eigenvalue weighted by Gasteiger charge is -2.34. The van der Waals surface area contributed by atoms with Crippen LogP contribution in [0.25, 0.3) is 0 Å². The zero-order valence-electron chi connectivity index (χ0n) is 14.7. The van der Waals surface area contributed by atoms with Crippen molar-refractivity contribution in [3.05, 3.63) is 78.0 Å². The van der Waals surface area contributed by atoms with Gasteiger partial charge in [0.2, 0.25) is 0 Å². The molecule has 25 heavy (non-hydrogen) atoms. The summed E-state index contributed by atoms with van der Waals surface area (Å²) in [4.78, 5) is 11.2. The van der Waals surface area contributed by atoms with Crippen LogP contribution in [0.4, 0.5) is 5.82 Å². The Labute approximate surface area is 149 Å². The molecule has 4 nitrogen and oxygen atoms in total. The fourth-order valence-corrected chi connectivity index (χ4v) is 3.77. The predicted octanol–water partition coefficient (Wildman–Crippen LogP) is 4.02. The number of hydrogen-bond acceptors (Lipinski definition) is 3. The second kappa shape index (κ2) is 7.09. The van der Waals surface area contributed by atoms with Gasteiger partial charge in [0.15, 0.2) is 0 Å². The summed E-state index contributed by atoms with van der Waals surface area (Å²) in [6.07, 6.45) is 10.1. The van der Waals surface area contributed by atoms with Gasteiger partial charge in [-0.2, -0.15) is 0 Å². The van der Waals surface area contributed by atoms with Crippen molar-refractivity contribution < 1.29 is 0 Å². The Morgan fingerprint density at radius 3 is 2.84 bits per heavy atom. The molecule has 1 atom stereocenters. The average molecular weight is 332 g/mol. The Bertz CT molecular complexity index is 808. The van der Waals surface area contributed by atoms with Gasteiger partial charge >= 0.3 is 0 Å². The van der Waals surface area contributed by atoms with Crippen LogP contribution in [0.5, 0.6) is 0 Å². The molecule has 0 N–H and O–H groups in total. The van der Waals surface area contributed by atoms with Crippen LogP contribution < -0.4 is 4.90 Å². The molecule has 2 aromatic heterocycles. The third-order valence-corrected chi connectivity index (χ3v) is 5.11. The Morgan fingerprint density at radius 1 is 1.16 bits per heavy atom. The molecule has 4 rings (SSSR count). The van der Waals surface area contributed by atoms with E-state index < -0.39 is 0 Å².